The van der Waals surface area contributed by atoms with Crippen LogP contribution >= 0.6 is 0 Å². The van der Waals surface area contributed by atoms with Crippen molar-refractivity contribution >= 4 is 11.8 Å². The highest BCUT2D eigenvalue weighted by Gasteiger charge is 2.30. The monoisotopic (exact) mass is 480 g/mol. The number of carbonyl (C=O) groups is 2. The van der Waals surface area contributed by atoms with Gasteiger partial charge in [0.15, 0.2) is 0 Å². The number of rotatable bonds is 12. The van der Waals surface area contributed by atoms with Crippen LogP contribution in [0.25, 0.3) is 0 Å². The summed E-state index contributed by atoms with van der Waals surface area (Å²) in [7, 11) is 1.63. The summed E-state index contributed by atoms with van der Waals surface area (Å²) in [6.07, 6.45) is 7.08. The maximum atomic E-state index is 13.4. The van der Waals surface area contributed by atoms with Crippen molar-refractivity contribution in [2.45, 2.75) is 83.8 Å². The molecule has 0 aromatic heterocycles. The van der Waals surface area contributed by atoms with E-state index in [1.807, 2.05) is 62.4 Å². The Morgan fingerprint density at radius 3 is 2.37 bits per heavy atom. The normalized spacial score (nSPS) is 14.7. The second-order valence-electron chi connectivity index (χ2n) is 9.34. The number of hydrogen-bond donors (Lipinski definition) is 1. The van der Waals surface area contributed by atoms with Crippen LogP contribution in [0.15, 0.2) is 48.5 Å². The Kier molecular flexibility index (Phi) is 10.5. The fourth-order valence-electron chi connectivity index (χ4n) is 4.66. The van der Waals surface area contributed by atoms with Crippen LogP contribution in [0.4, 0.5) is 0 Å². The molecule has 2 aromatic rings. The van der Waals surface area contributed by atoms with E-state index >= 15 is 0 Å². The van der Waals surface area contributed by atoms with Crippen LogP contribution < -0.4 is 14.8 Å². The van der Waals surface area contributed by atoms with E-state index in [9.17, 15) is 9.59 Å². The van der Waals surface area contributed by atoms with E-state index in [0.717, 1.165) is 48.3 Å². The summed E-state index contributed by atoms with van der Waals surface area (Å²) in [5, 5.41) is 3.24. The molecule has 0 heterocycles. The lowest BCUT2D eigenvalue weighted by atomic mass is 9.95. The quantitative estimate of drug-likeness (QED) is 0.412. The van der Waals surface area contributed by atoms with Gasteiger partial charge in [0.25, 0.3) is 0 Å². The molecule has 35 heavy (non-hydrogen) atoms. The Hall–Kier alpha value is -3.02. The van der Waals surface area contributed by atoms with Crippen molar-refractivity contribution in [2.75, 3.05) is 13.7 Å². The van der Waals surface area contributed by atoms with E-state index in [1.54, 1.807) is 12.0 Å². The first-order chi connectivity index (χ1) is 17.0. The first kappa shape index (κ1) is 26.6. The minimum Gasteiger partial charge on any atom is -0.497 e. The van der Waals surface area contributed by atoms with E-state index < -0.39 is 6.04 Å². The average Bonchev–Trinajstić information content (AvgIpc) is 2.88. The third-order valence-electron chi connectivity index (χ3n) is 6.80. The summed E-state index contributed by atoms with van der Waals surface area (Å²) in [5.41, 5.74) is 2.19. The summed E-state index contributed by atoms with van der Waals surface area (Å²) < 4.78 is 11.0. The highest BCUT2D eigenvalue weighted by Crippen LogP contribution is 2.21. The van der Waals surface area contributed by atoms with Gasteiger partial charge in [-0.2, -0.15) is 0 Å². The zero-order valence-corrected chi connectivity index (χ0v) is 21.4. The molecule has 0 bridgehead atoms. The molecule has 1 aliphatic carbocycles. The number of ether oxygens (including phenoxy) is 2. The van der Waals surface area contributed by atoms with Crippen LogP contribution in [0.5, 0.6) is 11.5 Å². The highest BCUT2D eigenvalue weighted by molar-refractivity contribution is 5.87. The van der Waals surface area contributed by atoms with Crippen LogP contribution in [-0.4, -0.2) is 42.5 Å². The number of nitrogens with zero attached hydrogens (tertiary/aromatic N) is 1. The molecule has 1 saturated carbocycles. The number of aryl methyl sites for hydroxylation is 1. The predicted octanol–water partition coefficient (Wildman–Crippen LogP) is 5.42. The molecule has 1 atom stereocenters. The maximum absolute atomic E-state index is 13.4. The van der Waals surface area contributed by atoms with Crippen LogP contribution in [0.1, 0.15) is 69.4 Å². The Bertz CT molecular complexity index is 938. The number of amides is 2. The van der Waals surface area contributed by atoms with Gasteiger partial charge in [0.1, 0.15) is 17.5 Å². The second kappa shape index (κ2) is 13.8. The smallest absolute Gasteiger partial charge is 0.243 e. The van der Waals surface area contributed by atoms with E-state index in [0.29, 0.717) is 32.4 Å². The highest BCUT2D eigenvalue weighted by atomic mass is 16.5. The van der Waals surface area contributed by atoms with Crippen LogP contribution in [0, 0.1) is 6.92 Å². The fraction of sp³-hybridized carbons (Fsp3) is 0.517. The summed E-state index contributed by atoms with van der Waals surface area (Å²) in [4.78, 5) is 28.5. The molecular weight excluding hydrogens is 440 g/mol. The third-order valence-corrected chi connectivity index (χ3v) is 6.80. The van der Waals surface area contributed by atoms with Gasteiger partial charge in [-0.15, -0.1) is 0 Å². The van der Waals surface area contributed by atoms with Crippen LogP contribution in [0.2, 0.25) is 0 Å². The molecule has 0 spiro atoms. The van der Waals surface area contributed by atoms with Crippen molar-refractivity contribution in [3.05, 3.63) is 59.7 Å². The van der Waals surface area contributed by atoms with E-state index in [1.165, 1.54) is 6.42 Å². The van der Waals surface area contributed by atoms with Gasteiger partial charge in [-0.1, -0.05) is 50.5 Å². The van der Waals surface area contributed by atoms with Gasteiger partial charge in [0.2, 0.25) is 11.8 Å². The largest absolute Gasteiger partial charge is 0.497 e. The minimum absolute atomic E-state index is 0.0165. The van der Waals surface area contributed by atoms with Crippen molar-refractivity contribution in [1.29, 1.82) is 0 Å². The predicted molar refractivity (Wildman–Crippen MR) is 139 cm³/mol. The Morgan fingerprint density at radius 1 is 1.03 bits per heavy atom. The second-order valence-corrected chi connectivity index (χ2v) is 9.34. The Balaban J connectivity index is 1.64. The molecule has 0 unspecified atom stereocenters. The lowest BCUT2D eigenvalue weighted by molar-refractivity contribution is -0.142. The van der Waals surface area contributed by atoms with Gasteiger partial charge in [0.05, 0.1) is 13.7 Å². The third kappa shape index (κ3) is 8.01. The lowest BCUT2D eigenvalue weighted by Crippen LogP contribution is -2.51. The maximum Gasteiger partial charge on any atom is 0.243 e. The van der Waals surface area contributed by atoms with Gasteiger partial charge < -0.3 is 19.7 Å². The van der Waals surface area contributed by atoms with Gasteiger partial charge in [-0.05, 0) is 68.0 Å². The van der Waals surface area contributed by atoms with Crippen molar-refractivity contribution in [2.24, 2.45) is 0 Å². The summed E-state index contributed by atoms with van der Waals surface area (Å²) in [6.45, 7) is 4.89. The van der Waals surface area contributed by atoms with Gasteiger partial charge in [-0.25, -0.2) is 0 Å². The molecule has 0 radical (unpaired) electrons. The minimum atomic E-state index is -0.480. The van der Waals surface area contributed by atoms with Crippen molar-refractivity contribution in [3.8, 4) is 11.5 Å². The molecule has 2 amide bonds. The molecule has 3 rings (SSSR count). The summed E-state index contributed by atoms with van der Waals surface area (Å²) in [6, 6.07) is 15.2. The zero-order chi connectivity index (χ0) is 25.0. The SMILES string of the molecule is CC[C@@H](C(=O)NC1CCCCC1)N(Cc1ccccc1C)C(=O)CCCOc1ccc(OC)cc1. The average molecular weight is 481 g/mol. The van der Waals surface area contributed by atoms with Crippen molar-refractivity contribution in [3.63, 3.8) is 0 Å². The number of carbonyl (C=O) groups excluding carboxylic acids is 2. The van der Waals surface area contributed by atoms with Gasteiger partial charge in [-0.3, -0.25) is 9.59 Å². The molecule has 6 heteroatoms. The molecule has 1 N–H and O–H groups in total. The topological polar surface area (TPSA) is 67.9 Å². The number of benzene rings is 2. The van der Waals surface area contributed by atoms with Crippen molar-refractivity contribution in [1.82, 2.24) is 10.2 Å². The van der Waals surface area contributed by atoms with Crippen LogP contribution in [0.3, 0.4) is 0 Å². The molecule has 6 nitrogen and oxygen atoms in total. The van der Waals surface area contributed by atoms with Crippen LogP contribution in [-0.2, 0) is 16.1 Å². The lowest BCUT2D eigenvalue weighted by Gasteiger charge is -2.33. The molecule has 0 saturated heterocycles. The molecule has 2 aromatic carbocycles. The molecule has 1 fully saturated rings. The van der Waals surface area contributed by atoms with Gasteiger partial charge in [0, 0.05) is 19.0 Å². The summed E-state index contributed by atoms with van der Waals surface area (Å²) in [5.74, 6) is 1.47. The number of nitrogens with one attached hydrogen (secondary N) is 1. The summed E-state index contributed by atoms with van der Waals surface area (Å²) >= 11 is 0. The number of hydrogen-bond acceptors (Lipinski definition) is 4. The van der Waals surface area contributed by atoms with E-state index in [2.05, 4.69) is 5.32 Å². The van der Waals surface area contributed by atoms with Crippen molar-refractivity contribution < 1.29 is 19.1 Å². The van der Waals surface area contributed by atoms with Gasteiger partial charge >= 0.3 is 0 Å². The first-order valence-corrected chi connectivity index (χ1v) is 12.9. The Morgan fingerprint density at radius 2 is 1.71 bits per heavy atom. The van der Waals surface area contributed by atoms with E-state index in [-0.39, 0.29) is 17.9 Å². The standard InChI is InChI=1S/C29H40N2O4/c1-4-27(29(33)30-24-13-6-5-7-14-24)31(21-23-12-9-8-11-22(23)2)28(32)15-10-20-35-26-18-16-25(34-3)17-19-26/h8-9,11-12,16-19,24,27H,4-7,10,13-15,20-21H2,1-3H3,(H,30,33)/t27-/m0/s1. The van der Waals surface area contributed by atoms with E-state index in [4.69, 9.17) is 9.47 Å². The Labute approximate surface area is 210 Å². The molecule has 0 aliphatic heterocycles. The first-order valence-electron chi connectivity index (χ1n) is 12.9. The molecule has 190 valence electrons. The zero-order valence-electron chi connectivity index (χ0n) is 21.4. The molecular formula is C29H40N2O4. The fourth-order valence-corrected chi connectivity index (χ4v) is 4.66. The molecule has 1 aliphatic rings. The number of methoxy groups -OCH3 is 1.